The van der Waals surface area contributed by atoms with Crippen LogP contribution in [0, 0.1) is 0 Å². The molecule has 1 amide bonds. The topological polar surface area (TPSA) is 64.1 Å². The van der Waals surface area contributed by atoms with Gasteiger partial charge in [0.2, 0.25) is 5.13 Å². The fourth-order valence-corrected chi connectivity index (χ4v) is 3.05. The van der Waals surface area contributed by atoms with Gasteiger partial charge in [-0.05, 0) is 31.0 Å². The van der Waals surface area contributed by atoms with Gasteiger partial charge in [0.15, 0.2) is 0 Å². The molecule has 1 saturated carbocycles. The SMILES string of the molecule is COc1ccc(Cl)cc1C(=O)Nc1nnc(C2(C)CC2)s1. The molecule has 0 radical (unpaired) electrons. The van der Waals surface area contributed by atoms with Crippen molar-refractivity contribution in [3.05, 3.63) is 33.8 Å². The first-order valence-corrected chi connectivity index (χ1v) is 7.70. The van der Waals surface area contributed by atoms with Crippen LogP contribution in [0.5, 0.6) is 5.75 Å². The standard InChI is InChI=1S/C14H14ClN3O2S/c1-14(5-6-14)12-17-18-13(21-12)16-11(19)9-7-8(15)3-4-10(9)20-2/h3-4,7H,5-6H2,1-2H3,(H,16,18,19). The van der Waals surface area contributed by atoms with Crippen LogP contribution in [0.3, 0.4) is 0 Å². The van der Waals surface area contributed by atoms with Gasteiger partial charge in [0.05, 0.1) is 12.7 Å². The second kappa shape index (κ2) is 5.27. The Bertz CT molecular complexity index is 697. The van der Waals surface area contributed by atoms with Crippen LogP contribution in [-0.2, 0) is 5.41 Å². The van der Waals surface area contributed by atoms with Gasteiger partial charge >= 0.3 is 0 Å². The minimum atomic E-state index is -0.307. The van der Waals surface area contributed by atoms with E-state index in [0.717, 1.165) is 17.8 Å². The number of anilines is 1. The summed E-state index contributed by atoms with van der Waals surface area (Å²) in [5.41, 5.74) is 0.522. The van der Waals surface area contributed by atoms with E-state index in [9.17, 15) is 4.79 Å². The van der Waals surface area contributed by atoms with E-state index in [1.54, 1.807) is 18.2 Å². The maximum absolute atomic E-state index is 12.3. The van der Waals surface area contributed by atoms with Crippen LogP contribution < -0.4 is 10.1 Å². The first kappa shape index (κ1) is 14.3. The van der Waals surface area contributed by atoms with Crippen LogP contribution >= 0.6 is 22.9 Å². The number of halogens is 1. The third-order valence-electron chi connectivity index (χ3n) is 3.57. The third kappa shape index (κ3) is 2.87. The number of benzene rings is 1. The Morgan fingerprint density at radius 3 is 2.86 bits per heavy atom. The number of methoxy groups -OCH3 is 1. The van der Waals surface area contributed by atoms with Gasteiger partial charge in [-0.25, -0.2) is 0 Å². The molecule has 1 aromatic carbocycles. The van der Waals surface area contributed by atoms with Crippen molar-refractivity contribution in [2.24, 2.45) is 0 Å². The van der Waals surface area contributed by atoms with Crippen LogP contribution in [-0.4, -0.2) is 23.2 Å². The van der Waals surface area contributed by atoms with Crippen molar-refractivity contribution in [2.75, 3.05) is 12.4 Å². The molecule has 0 saturated heterocycles. The molecule has 1 aliphatic rings. The number of nitrogens with one attached hydrogen (secondary N) is 1. The molecule has 1 heterocycles. The lowest BCUT2D eigenvalue weighted by Crippen LogP contribution is -2.13. The molecule has 1 fully saturated rings. The average molecular weight is 324 g/mol. The van der Waals surface area contributed by atoms with Crippen LogP contribution in [0.4, 0.5) is 5.13 Å². The number of aromatic nitrogens is 2. The molecular formula is C14H14ClN3O2S. The molecule has 21 heavy (non-hydrogen) atoms. The highest BCUT2D eigenvalue weighted by atomic mass is 35.5. The summed E-state index contributed by atoms with van der Waals surface area (Å²) in [7, 11) is 1.51. The minimum absolute atomic E-state index is 0.147. The summed E-state index contributed by atoms with van der Waals surface area (Å²) in [5.74, 6) is 0.161. The second-order valence-electron chi connectivity index (χ2n) is 5.27. The second-order valence-corrected chi connectivity index (χ2v) is 6.69. The van der Waals surface area contributed by atoms with E-state index in [0.29, 0.717) is 21.5 Å². The van der Waals surface area contributed by atoms with Gasteiger partial charge in [0.25, 0.3) is 5.91 Å². The molecule has 0 bridgehead atoms. The van der Waals surface area contributed by atoms with Crippen LogP contribution in [0.25, 0.3) is 0 Å². The molecule has 5 nitrogen and oxygen atoms in total. The zero-order chi connectivity index (χ0) is 15.0. The van der Waals surface area contributed by atoms with Gasteiger partial charge in [0.1, 0.15) is 10.8 Å². The summed E-state index contributed by atoms with van der Waals surface area (Å²) in [6.45, 7) is 2.15. The Labute approximate surface area is 131 Å². The third-order valence-corrected chi connectivity index (χ3v) is 4.95. The fraction of sp³-hybridized carbons (Fsp3) is 0.357. The molecule has 110 valence electrons. The molecule has 0 spiro atoms. The molecule has 2 aromatic rings. The van der Waals surface area contributed by atoms with Gasteiger partial charge in [-0.2, -0.15) is 0 Å². The minimum Gasteiger partial charge on any atom is -0.496 e. The summed E-state index contributed by atoms with van der Waals surface area (Å²) in [6.07, 6.45) is 2.25. The number of ether oxygens (including phenoxy) is 1. The predicted molar refractivity (Wildman–Crippen MR) is 82.5 cm³/mol. The van der Waals surface area contributed by atoms with E-state index in [4.69, 9.17) is 16.3 Å². The van der Waals surface area contributed by atoms with E-state index in [1.807, 2.05) is 0 Å². The van der Waals surface area contributed by atoms with Crippen LogP contribution in [0.15, 0.2) is 18.2 Å². The predicted octanol–water partition coefficient (Wildman–Crippen LogP) is 3.50. The summed E-state index contributed by atoms with van der Waals surface area (Å²) in [5, 5.41) is 12.9. The van der Waals surface area contributed by atoms with E-state index in [1.165, 1.54) is 18.4 Å². The van der Waals surface area contributed by atoms with Crippen molar-refractivity contribution < 1.29 is 9.53 Å². The number of nitrogens with zero attached hydrogens (tertiary/aromatic N) is 2. The number of amides is 1. The number of rotatable bonds is 4. The van der Waals surface area contributed by atoms with Gasteiger partial charge in [-0.1, -0.05) is 29.9 Å². The maximum Gasteiger partial charge on any atom is 0.261 e. The number of hydrogen-bond acceptors (Lipinski definition) is 5. The molecule has 0 unspecified atom stereocenters. The Hall–Kier alpha value is -1.66. The lowest BCUT2D eigenvalue weighted by molar-refractivity contribution is 0.102. The normalized spacial score (nSPS) is 15.6. The molecular weight excluding hydrogens is 310 g/mol. The van der Waals surface area contributed by atoms with E-state index in [-0.39, 0.29) is 11.3 Å². The molecule has 0 aliphatic heterocycles. The largest absolute Gasteiger partial charge is 0.496 e. The van der Waals surface area contributed by atoms with Crippen molar-refractivity contribution in [2.45, 2.75) is 25.2 Å². The van der Waals surface area contributed by atoms with E-state index < -0.39 is 0 Å². The molecule has 7 heteroatoms. The van der Waals surface area contributed by atoms with Gasteiger partial charge in [0, 0.05) is 10.4 Å². The van der Waals surface area contributed by atoms with Crippen molar-refractivity contribution in [1.82, 2.24) is 10.2 Å². The Morgan fingerprint density at radius 1 is 1.43 bits per heavy atom. The van der Waals surface area contributed by atoms with Gasteiger partial charge in [-0.15, -0.1) is 10.2 Å². The van der Waals surface area contributed by atoms with Crippen LogP contribution in [0.1, 0.15) is 35.1 Å². The Kier molecular flexibility index (Phi) is 3.59. The van der Waals surface area contributed by atoms with Crippen molar-refractivity contribution in [1.29, 1.82) is 0 Å². The summed E-state index contributed by atoms with van der Waals surface area (Å²) in [6, 6.07) is 4.90. The number of carbonyl (C=O) groups excluding carboxylic acids is 1. The molecule has 3 rings (SSSR count). The van der Waals surface area contributed by atoms with E-state index in [2.05, 4.69) is 22.4 Å². The van der Waals surface area contributed by atoms with Crippen molar-refractivity contribution in [3.8, 4) is 5.75 Å². The molecule has 0 atom stereocenters. The van der Waals surface area contributed by atoms with Crippen molar-refractivity contribution in [3.63, 3.8) is 0 Å². The quantitative estimate of drug-likeness (QED) is 0.935. The fourth-order valence-electron chi connectivity index (χ4n) is 1.94. The molecule has 1 N–H and O–H groups in total. The number of carbonyl (C=O) groups is 1. The lowest BCUT2D eigenvalue weighted by Gasteiger charge is -2.07. The van der Waals surface area contributed by atoms with Crippen molar-refractivity contribution >= 4 is 34.0 Å². The average Bonchev–Trinajstić information content (AvgIpc) is 3.04. The highest BCUT2D eigenvalue weighted by Crippen LogP contribution is 2.49. The maximum atomic E-state index is 12.3. The van der Waals surface area contributed by atoms with Gasteiger partial charge in [-0.3, -0.25) is 10.1 Å². The first-order chi connectivity index (χ1) is 10.0. The Balaban J connectivity index is 1.80. The van der Waals surface area contributed by atoms with E-state index >= 15 is 0 Å². The van der Waals surface area contributed by atoms with Crippen LogP contribution in [0.2, 0.25) is 5.02 Å². The monoisotopic (exact) mass is 323 g/mol. The summed E-state index contributed by atoms with van der Waals surface area (Å²) in [4.78, 5) is 12.3. The zero-order valence-electron chi connectivity index (χ0n) is 11.6. The number of hydrogen-bond donors (Lipinski definition) is 1. The highest BCUT2D eigenvalue weighted by molar-refractivity contribution is 7.15. The zero-order valence-corrected chi connectivity index (χ0v) is 13.2. The highest BCUT2D eigenvalue weighted by Gasteiger charge is 2.42. The van der Waals surface area contributed by atoms with Gasteiger partial charge < -0.3 is 4.74 Å². The lowest BCUT2D eigenvalue weighted by atomic mass is 10.2. The summed E-state index contributed by atoms with van der Waals surface area (Å²) < 4.78 is 5.18. The smallest absolute Gasteiger partial charge is 0.261 e. The summed E-state index contributed by atoms with van der Waals surface area (Å²) >= 11 is 7.35. The molecule has 1 aromatic heterocycles. The Morgan fingerprint density at radius 2 is 2.19 bits per heavy atom. The molecule has 1 aliphatic carbocycles. The first-order valence-electron chi connectivity index (χ1n) is 6.51.